The third kappa shape index (κ3) is 3.40. The molecule has 5 heteroatoms. The number of aliphatic hydroxyl groups is 1. The van der Waals surface area contributed by atoms with Crippen LogP contribution in [0.3, 0.4) is 0 Å². The smallest absolute Gasteiger partial charge is 0.255 e. The van der Waals surface area contributed by atoms with Crippen molar-refractivity contribution in [1.82, 2.24) is 14.9 Å². The number of aromatic nitrogens is 2. The molecule has 1 fully saturated rings. The van der Waals surface area contributed by atoms with Crippen LogP contribution in [0.25, 0.3) is 0 Å². The van der Waals surface area contributed by atoms with Gasteiger partial charge >= 0.3 is 0 Å². The Morgan fingerprint density at radius 3 is 2.74 bits per heavy atom. The molecule has 0 saturated carbocycles. The van der Waals surface area contributed by atoms with Crippen molar-refractivity contribution < 1.29 is 9.90 Å². The number of likely N-dealkylation sites (tertiary alicyclic amines) is 1. The van der Waals surface area contributed by atoms with E-state index in [1.165, 1.54) is 0 Å². The number of carbonyl (C=O) groups excluding carboxylic acids is 1. The predicted molar refractivity (Wildman–Crippen MR) is 87.1 cm³/mol. The average molecular weight is 311 g/mol. The van der Waals surface area contributed by atoms with Gasteiger partial charge in [0.05, 0.1) is 11.7 Å². The van der Waals surface area contributed by atoms with Crippen molar-refractivity contribution in [3.8, 4) is 0 Å². The highest BCUT2D eigenvalue weighted by Crippen LogP contribution is 2.23. The molecule has 1 aliphatic heterocycles. The van der Waals surface area contributed by atoms with Crippen LogP contribution in [0.2, 0.25) is 0 Å². The quantitative estimate of drug-likeness (QED) is 0.938. The van der Waals surface area contributed by atoms with Crippen molar-refractivity contribution in [1.29, 1.82) is 0 Å². The first-order valence-corrected chi connectivity index (χ1v) is 7.84. The van der Waals surface area contributed by atoms with Crippen molar-refractivity contribution >= 4 is 5.91 Å². The number of rotatable bonds is 3. The number of aryl methyl sites for hydroxylation is 2. The Hall–Kier alpha value is -2.27. The maximum atomic E-state index is 12.6. The lowest BCUT2D eigenvalue weighted by atomic mass is 9.97. The lowest BCUT2D eigenvalue weighted by Crippen LogP contribution is -2.29. The molecule has 2 atom stereocenters. The Kier molecular flexibility index (Phi) is 4.39. The van der Waals surface area contributed by atoms with E-state index in [1.54, 1.807) is 23.5 Å². The van der Waals surface area contributed by atoms with E-state index in [1.807, 2.05) is 32.0 Å². The van der Waals surface area contributed by atoms with Crippen LogP contribution >= 0.6 is 0 Å². The molecule has 120 valence electrons. The van der Waals surface area contributed by atoms with Gasteiger partial charge in [-0.1, -0.05) is 0 Å². The van der Waals surface area contributed by atoms with Gasteiger partial charge in [-0.3, -0.25) is 14.8 Å². The van der Waals surface area contributed by atoms with Crippen LogP contribution in [0.1, 0.15) is 27.2 Å². The maximum Gasteiger partial charge on any atom is 0.255 e. The highest BCUT2D eigenvalue weighted by Gasteiger charge is 2.34. The van der Waals surface area contributed by atoms with Gasteiger partial charge in [-0.25, -0.2) is 0 Å². The van der Waals surface area contributed by atoms with Gasteiger partial charge in [-0.05, 0) is 49.6 Å². The van der Waals surface area contributed by atoms with Crippen LogP contribution in [0.5, 0.6) is 0 Å². The van der Waals surface area contributed by atoms with Gasteiger partial charge in [0.2, 0.25) is 0 Å². The Morgan fingerprint density at radius 2 is 2.04 bits per heavy atom. The number of nitrogens with zero attached hydrogens (tertiary/aromatic N) is 3. The van der Waals surface area contributed by atoms with Crippen molar-refractivity contribution in [3.63, 3.8) is 0 Å². The van der Waals surface area contributed by atoms with Gasteiger partial charge in [0.25, 0.3) is 5.91 Å². The maximum absolute atomic E-state index is 12.6. The summed E-state index contributed by atoms with van der Waals surface area (Å²) in [6, 6.07) is 5.77. The molecule has 1 saturated heterocycles. The summed E-state index contributed by atoms with van der Waals surface area (Å²) in [6.45, 7) is 4.81. The second-order valence-corrected chi connectivity index (χ2v) is 6.22. The van der Waals surface area contributed by atoms with Gasteiger partial charge < -0.3 is 10.0 Å². The zero-order chi connectivity index (χ0) is 16.4. The van der Waals surface area contributed by atoms with E-state index in [0.717, 1.165) is 23.2 Å². The summed E-state index contributed by atoms with van der Waals surface area (Å²) in [5.74, 6) is -0.00210. The topological polar surface area (TPSA) is 66.3 Å². The van der Waals surface area contributed by atoms with Crippen LogP contribution in [-0.4, -0.2) is 45.1 Å². The number of aliphatic hydroxyl groups excluding tert-OH is 1. The molecule has 0 unspecified atom stereocenters. The number of amides is 1. The minimum atomic E-state index is -0.494. The molecular formula is C18H21N3O2. The molecule has 1 amide bonds. The first-order chi connectivity index (χ1) is 11.0. The van der Waals surface area contributed by atoms with Crippen LogP contribution in [0.15, 0.2) is 36.8 Å². The van der Waals surface area contributed by atoms with Crippen molar-refractivity contribution in [2.24, 2.45) is 5.92 Å². The minimum Gasteiger partial charge on any atom is -0.391 e. The lowest BCUT2D eigenvalue weighted by Gasteiger charge is -2.16. The second kappa shape index (κ2) is 6.46. The molecule has 0 aliphatic carbocycles. The molecule has 0 aromatic carbocycles. The van der Waals surface area contributed by atoms with E-state index in [0.29, 0.717) is 18.7 Å². The standard InChI is InChI=1S/C18H21N3O2/c1-12-7-15(9-20-13(12)2)18(23)21-10-16(17(22)11-21)8-14-3-5-19-6-4-14/h3-7,9,16-17,22H,8,10-11H2,1-2H3/t16-,17+/m1/s1. The van der Waals surface area contributed by atoms with Crippen LogP contribution in [-0.2, 0) is 6.42 Å². The lowest BCUT2D eigenvalue weighted by molar-refractivity contribution is 0.0764. The Morgan fingerprint density at radius 1 is 1.30 bits per heavy atom. The second-order valence-electron chi connectivity index (χ2n) is 6.22. The first kappa shape index (κ1) is 15.6. The predicted octanol–water partition coefficient (Wildman–Crippen LogP) is 1.77. The average Bonchev–Trinajstić information content (AvgIpc) is 2.91. The van der Waals surface area contributed by atoms with Gasteiger partial charge in [0.1, 0.15) is 0 Å². The Labute approximate surface area is 136 Å². The van der Waals surface area contributed by atoms with E-state index in [2.05, 4.69) is 9.97 Å². The first-order valence-electron chi connectivity index (χ1n) is 7.84. The molecule has 0 radical (unpaired) electrons. The van der Waals surface area contributed by atoms with Gasteiger partial charge in [-0.2, -0.15) is 0 Å². The monoisotopic (exact) mass is 311 g/mol. The van der Waals surface area contributed by atoms with Crippen molar-refractivity contribution in [2.45, 2.75) is 26.4 Å². The van der Waals surface area contributed by atoms with E-state index in [9.17, 15) is 9.90 Å². The SMILES string of the molecule is Cc1cc(C(=O)N2C[C@@H](Cc3ccncc3)[C@@H](O)C2)cnc1C. The van der Waals surface area contributed by atoms with Crippen molar-refractivity contribution in [3.05, 3.63) is 59.2 Å². The molecule has 1 aliphatic rings. The normalized spacial score (nSPS) is 20.7. The molecule has 2 aromatic heterocycles. The third-order valence-corrected chi connectivity index (χ3v) is 4.53. The van der Waals surface area contributed by atoms with E-state index in [4.69, 9.17) is 0 Å². The zero-order valence-electron chi connectivity index (χ0n) is 13.4. The van der Waals surface area contributed by atoms with Crippen molar-refractivity contribution in [2.75, 3.05) is 13.1 Å². The fraction of sp³-hybridized carbons (Fsp3) is 0.389. The van der Waals surface area contributed by atoms with Gasteiger partial charge in [0.15, 0.2) is 0 Å². The fourth-order valence-electron chi connectivity index (χ4n) is 2.98. The molecule has 2 aromatic rings. The summed E-state index contributed by atoms with van der Waals surface area (Å²) in [5.41, 5.74) is 3.65. The molecule has 23 heavy (non-hydrogen) atoms. The molecule has 5 nitrogen and oxygen atoms in total. The molecular weight excluding hydrogens is 290 g/mol. The summed E-state index contributed by atoms with van der Waals surface area (Å²) in [7, 11) is 0. The summed E-state index contributed by atoms with van der Waals surface area (Å²) in [6.07, 6.45) is 5.37. The third-order valence-electron chi connectivity index (χ3n) is 4.53. The zero-order valence-corrected chi connectivity index (χ0v) is 13.4. The number of hydrogen-bond donors (Lipinski definition) is 1. The van der Waals surface area contributed by atoms with Crippen LogP contribution in [0, 0.1) is 19.8 Å². The number of β-amino-alcohol motifs (C(OH)–C–C–N with tert-alkyl or cyclic N) is 1. The summed E-state index contributed by atoms with van der Waals surface area (Å²) in [5, 5.41) is 10.3. The molecule has 3 rings (SSSR count). The molecule has 1 N–H and O–H groups in total. The van der Waals surface area contributed by atoms with Crippen LogP contribution < -0.4 is 0 Å². The highest BCUT2D eigenvalue weighted by atomic mass is 16.3. The number of carbonyl (C=O) groups is 1. The number of hydrogen-bond acceptors (Lipinski definition) is 4. The van der Waals surface area contributed by atoms with E-state index in [-0.39, 0.29) is 11.8 Å². The Balaban J connectivity index is 1.70. The van der Waals surface area contributed by atoms with Gasteiger partial charge in [-0.15, -0.1) is 0 Å². The molecule has 0 spiro atoms. The minimum absolute atomic E-state index is 0.0563. The van der Waals surface area contributed by atoms with Crippen LogP contribution in [0.4, 0.5) is 0 Å². The van der Waals surface area contributed by atoms with E-state index < -0.39 is 6.10 Å². The fourth-order valence-corrected chi connectivity index (χ4v) is 2.98. The molecule has 0 bridgehead atoms. The highest BCUT2D eigenvalue weighted by molar-refractivity contribution is 5.94. The summed E-state index contributed by atoms with van der Waals surface area (Å²) < 4.78 is 0. The number of pyridine rings is 2. The molecule has 3 heterocycles. The Bertz CT molecular complexity index is 703. The summed E-state index contributed by atoms with van der Waals surface area (Å²) in [4.78, 5) is 22.6. The van der Waals surface area contributed by atoms with Gasteiger partial charge in [0, 0.05) is 43.3 Å². The largest absolute Gasteiger partial charge is 0.391 e. The van der Waals surface area contributed by atoms with E-state index >= 15 is 0 Å². The summed E-state index contributed by atoms with van der Waals surface area (Å²) >= 11 is 0.